The summed E-state index contributed by atoms with van der Waals surface area (Å²) < 4.78 is 24.3. The fourth-order valence-corrected chi connectivity index (χ4v) is 3.38. The first kappa shape index (κ1) is 15.5. The molecule has 0 bridgehead atoms. The van der Waals surface area contributed by atoms with Gasteiger partial charge in [0, 0.05) is 19.6 Å². The van der Waals surface area contributed by atoms with Crippen LogP contribution in [0.25, 0.3) is 0 Å². The molecule has 2 rings (SSSR count). The molecule has 3 N–H and O–H groups in total. The van der Waals surface area contributed by atoms with Gasteiger partial charge in [0.2, 0.25) is 11.8 Å². The normalized spacial score (nSPS) is 19.2. The summed E-state index contributed by atoms with van der Waals surface area (Å²) in [6, 6.07) is 7.17. The van der Waals surface area contributed by atoms with Gasteiger partial charge in [-0.3, -0.25) is 9.59 Å². The summed E-state index contributed by atoms with van der Waals surface area (Å²) in [5, 5.41) is 2.88. The Bertz CT molecular complexity index is 630. The summed E-state index contributed by atoms with van der Waals surface area (Å²) in [5.41, 5.74) is 5.19. The number of amides is 2. The molecule has 1 heterocycles. The molecule has 2 amide bonds. The molecule has 8 heteroatoms. The summed E-state index contributed by atoms with van der Waals surface area (Å²) in [6.07, 6.45) is 0. The molecule has 0 aliphatic carbocycles. The minimum Gasteiger partial charge on any atom is -0.368 e. The third-order valence-electron chi connectivity index (χ3n) is 3.29. The van der Waals surface area contributed by atoms with Crippen LogP contribution in [0.15, 0.2) is 35.2 Å². The van der Waals surface area contributed by atoms with Crippen molar-refractivity contribution in [1.29, 1.82) is 0 Å². The highest BCUT2D eigenvalue weighted by Gasteiger charge is 2.29. The van der Waals surface area contributed by atoms with Gasteiger partial charge in [-0.15, -0.1) is 0 Å². The van der Waals surface area contributed by atoms with E-state index in [0.29, 0.717) is 13.1 Å². The summed E-state index contributed by atoms with van der Waals surface area (Å²) in [6.45, 7) is 0.857. The van der Waals surface area contributed by atoms with Gasteiger partial charge in [-0.1, -0.05) is 18.2 Å². The second-order valence-electron chi connectivity index (χ2n) is 4.82. The van der Waals surface area contributed by atoms with Gasteiger partial charge in [-0.2, -0.15) is 0 Å². The van der Waals surface area contributed by atoms with Crippen molar-refractivity contribution >= 4 is 21.7 Å². The van der Waals surface area contributed by atoms with E-state index in [1.165, 1.54) is 17.0 Å². The zero-order valence-corrected chi connectivity index (χ0v) is 12.2. The van der Waals surface area contributed by atoms with E-state index in [1.54, 1.807) is 18.2 Å². The van der Waals surface area contributed by atoms with Crippen molar-refractivity contribution in [1.82, 2.24) is 10.2 Å². The van der Waals surface area contributed by atoms with Gasteiger partial charge in [-0.25, -0.2) is 8.42 Å². The molecule has 0 spiro atoms. The lowest BCUT2D eigenvalue weighted by Gasteiger charge is -2.32. The van der Waals surface area contributed by atoms with Crippen LogP contribution in [-0.4, -0.2) is 56.6 Å². The molecule has 1 fully saturated rings. The van der Waals surface area contributed by atoms with Gasteiger partial charge < -0.3 is 16.0 Å². The Morgan fingerprint density at radius 2 is 1.95 bits per heavy atom. The van der Waals surface area contributed by atoms with Gasteiger partial charge in [0.1, 0.15) is 11.8 Å². The molecule has 114 valence electrons. The van der Waals surface area contributed by atoms with Gasteiger partial charge in [0.25, 0.3) is 0 Å². The Morgan fingerprint density at radius 1 is 1.29 bits per heavy atom. The molecule has 1 atom stereocenters. The fourth-order valence-electron chi connectivity index (χ4n) is 2.13. The first-order chi connectivity index (χ1) is 9.90. The lowest BCUT2D eigenvalue weighted by Crippen LogP contribution is -2.58. The predicted octanol–water partition coefficient (Wildman–Crippen LogP) is -1.25. The second-order valence-corrected chi connectivity index (χ2v) is 6.81. The number of benzene rings is 1. The number of primary amides is 1. The molecule has 0 saturated carbocycles. The van der Waals surface area contributed by atoms with E-state index in [1.807, 2.05) is 0 Å². The van der Waals surface area contributed by atoms with Crippen LogP contribution < -0.4 is 11.1 Å². The molecule has 0 aromatic heterocycles. The Morgan fingerprint density at radius 3 is 2.57 bits per heavy atom. The third-order valence-corrected chi connectivity index (χ3v) is 4.90. The van der Waals surface area contributed by atoms with Crippen molar-refractivity contribution < 1.29 is 18.0 Å². The number of hydrogen-bond donors (Lipinski definition) is 2. The zero-order valence-electron chi connectivity index (χ0n) is 11.4. The average Bonchev–Trinajstić information content (AvgIpc) is 2.48. The van der Waals surface area contributed by atoms with Crippen LogP contribution in [0.2, 0.25) is 0 Å². The molecule has 21 heavy (non-hydrogen) atoms. The number of nitrogens with one attached hydrogen (secondary N) is 1. The van der Waals surface area contributed by atoms with Gasteiger partial charge in [0.15, 0.2) is 9.84 Å². The smallest absolute Gasteiger partial charge is 0.238 e. The minimum atomic E-state index is -3.67. The standard InChI is InChI=1S/C13H17N3O4S/c14-13(18)11-8-16(7-6-15-11)12(17)9-21(19,20)10-4-2-1-3-5-10/h1-5,11,15H,6-9H2,(H2,14,18)/t11-/m0/s1. The number of hydrogen-bond acceptors (Lipinski definition) is 5. The van der Waals surface area contributed by atoms with Crippen molar-refractivity contribution in [3.05, 3.63) is 30.3 Å². The van der Waals surface area contributed by atoms with Crippen LogP contribution >= 0.6 is 0 Å². The maximum atomic E-state index is 12.1. The number of nitrogens with zero attached hydrogens (tertiary/aromatic N) is 1. The Kier molecular flexibility index (Phi) is 4.59. The van der Waals surface area contributed by atoms with E-state index in [-0.39, 0.29) is 11.4 Å². The molecular weight excluding hydrogens is 294 g/mol. The SMILES string of the molecule is NC(=O)[C@@H]1CN(C(=O)CS(=O)(=O)c2ccccc2)CCN1. The molecule has 1 aliphatic rings. The lowest BCUT2D eigenvalue weighted by atomic mass is 10.2. The van der Waals surface area contributed by atoms with Crippen molar-refractivity contribution in [2.75, 3.05) is 25.4 Å². The Balaban J connectivity index is 2.06. The first-order valence-corrected chi connectivity index (χ1v) is 8.13. The topological polar surface area (TPSA) is 110 Å². The summed E-state index contributed by atoms with van der Waals surface area (Å²) in [7, 11) is -3.67. The lowest BCUT2D eigenvalue weighted by molar-refractivity contribution is -0.131. The van der Waals surface area contributed by atoms with Crippen LogP contribution in [0.1, 0.15) is 0 Å². The van der Waals surface area contributed by atoms with Crippen molar-refractivity contribution in [3.8, 4) is 0 Å². The molecular formula is C13H17N3O4S. The molecule has 1 aromatic rings. The van der Waals surface area contributed by atoms with Gasteiger partial charge in [0.05, 0.1) is 4.90 Å². The van der Waals surface area contributed by atoms with E-state index in [2.05, 4.69) is 5.32 Å². The molecule has 1 aliphatic heterocycles. The van der Waals surface area contributed by atoms with Crippen molar-refractivity contribution in [2.24, 2.45) is 5.73 Å². The van der Waals surface area contributed by atoms with Crippen LogP contribution in [-0.2, 0) is 19.4 Å². The van der Waals surface area contributed by atoms with Crippen LogP contribution in [0, 0.1) is 0 Å². The number of nitrogens with two attached hydrogens (primary N) is 1. The maximum absolute atomic E-state index is 12.1. The van der Waals surface area contributed by atoms with Gasteiger partial charge >= 0.3 is 0 Å². The Hall–Kier alpha value is -1.93. The largest absolute Gasteiger partial charge is 0.368 e. The van der Waals surface area contributed by atoms with E-state index >= 15 is 0 Å². The summed E-state index contributed by atoms with van der Waals surface area (Å²) >= 11 is 0. The highest BCUT2D eigenvalue weighted by Crippen LogP contribution is 2.11. The number of sulfone groups is 1. The van der Waals surface area contributed by atoms with Crippen molar-refractivity contribution in [3.63, 3.8) is 0 Å². The van der Waals surface area contributed by atoms with Crippen LogP contribution in [0.4, 0.5) is 0 Å². The summed E-state index contributed by atoms with van der Waals surface area (Å²) in [5.74, 6) is -1.69. The van der Waals surface area contributed by atoms with E-state index < -0.39 is 33.4 Å². The van der Waals surface area contributed by atoms with E-state index in [0.717, 1.165) is 0 Å². The van der Waals surface area contributed by atoms with Crippen LogP contribution in [0.3, 0.4) is 0 Å². The van der Waals surface area contributed by atoms with Crippen molar-refractivity contribution in [2.45, 2.75) is 10.9 Å². The molecule has 0 radical (unpaired) electrons. The second kappa shape index (κ2) is 6.23. The average molecular weight is 311 g/mol. The maximum Gasteiger partial charge on any atom is 0.238 e. The quantitative estimate of drug-likeness (QED) is 0.722. The van der Waals surface area contributed by atoms with E-state index in [9.17, 15) is 18.0 Å². The molecule has 1 saturated heterocycles. The molecule has 0 unspecified atom stereocenters. The highest BCUT2D eigenvalue weighted by molar-refractivity contribution is 7.92. The number of piperazine rings is 1. The van der Waals surface area contributed by atoms with Crippen LogP contribution in [0.5, 0.6) is 0 Å². The number of carbonyl (C=O) groups is 2. The monoisotopic (exact) mass is 311 g/mol. The fraction of sp³-hybridized carbons (Fsp3) is 0.385. The minimum absolute atomic E-state index is 0.0957. The number of rotatable bonds is 4. The summed E-state index contributed by atoms with van der Waals surface area (Å²) in [4.78, 5) is 24.7. The zero-order chi connectivity index (χ0) is 15.5. The van der Waals surface area contributed by atoms with Gasteiger partial charge in [-0.05, 0) is 12.1 Å². The highest BCUT2D eigenvalue weighted by atomic mass is 32.2. The third kappa shape index (κ3) is 3.79. The first-order valence-electron chi connectivity index (χ1n) is 6.48. The molecule has 1 aromatic carbocycles. The molecule has 7 nitrogen and oxygen atoms in total. The number of carbonyl (C=O) groups excluding carboxylic acids is 2. The Labute approximate surface area is 123 Å². The predicted molar refractivity (Wildman–Crippen MR) is 76.1 cm³/mol. The van der Waals surface area contributed by atoms with E-state index in [4.69, 9.17) is 5.73 Å².